The fraction of sp³-hybridized carbons (Fsp3) is 0.381. The van der Waals surface area contributed by atoms with Gasteiger partial charge in [-0.1, -0.05) is 17.7 Å². The fourth-order valence-electron chi connectivity index (χ4n) is 3.97. The standard InChI is InChI=1S/C21H23ClN4O2/c22-16-2-1-3-19(12-16)26-14-18(13-20(26)27)24-17-6-10-25(11-7-17)21(28)15-4-8-23-9-5-15/h1-5,8-9,12,17-18,24H,6-7,10-11,13-14H2. The monoisotopic (exact) mass is 398 g/mol. The first-order valence-electron chi connectivity index (χ1n) is 9.61. The predicted octanol–water partition coefficient (Wildman–Crippen LogP) is 2.73. The number of benzene rings is 1. The molecule has 2 fully saturated rings. The SMILES string of the molecule is O=C(c1ccncc1)N1CCC(NC2CC(=O)N(c3cccc(Cl)c3)C2)CC1. The lowest BCUT2D eigenvalue weighted by atomic mass is 10.0. The summed E-state index contributed by atoms with van der Waals surface area (Å²) < 4.78 is 0. The molecular formula is C21H23ClN4O2. The molecule has 4 rings (SSSR count). The number of halogens is 1. The lowest BCUT2D eigenvalue weighted by molar-refractivity contribution is -0.117. The summed E-state index contributed by atoms with van der Waals surface area (Å²) >= 11 is 6.06. The van der Waals surface area contributed by atoms with Gasteiger partial charge >= 0.3 is 0 Å². The van der Waals surface area contributed by atoms with Crippen LogP contribution in [0.4, 0.5) is 5.69 Å². The highest BCUT2D eigenvalue weighted by atomic mass is 35.5. The summed E-state index contributed by atoms with van der Waals surface area (Å²) in [6, 6.07) is 11.4. The van der Waals surface area contributed by atoms with Crippen molar-refractivity contribution in [2.75, 3.05) is 24.5 Å². The van der Waals surface area contributed by atoms with Gasteiger partial charge in [-0.2, -0.15) is 0 Å². The third-order valence-electron chi connectivity index (χ3n) is 5.43. The van der Waals surface area contributed by atoms with Crippen LogP contribution < -0.4 is 10.2 Å². The molecular weight excluding hydrogens is 376 g/mol. The van der Waals surface area contributed by atoms with Gasteiger partial charge in [0.25, 0.3) is 5.91 Å². The van der Waals surface area contributed by atoms with Crippen molar-refractivity contribution >= 4 is 29.1 Å². The largest absolute Gasteiger partial charge is 0.339 e. The topological polar surface area (TPSA) is 65.5 Å². The molecule has 28 heavy (non-hydrogen) atoms. The number of carbonyl (C=O) groups excluding carboxylic acids is 2. The van der Waals surface area contributed by atoms with Crippen LogP contribution >= 0.6 is 11.6 Å². The Balaban J connectivity index is 1.29. The molecule has 0 bridgehead atoms. The molecule has 1 N–H and O–H groups in total. The molecule has 1 aromatic heterocycles. The van der Waals surface area contributed by atoms with E-state index in [2.05, 4.69) is 10.3 Å². The van der Waals surface area contributed by atoms with Crippen LogP contribution in [0.25, 0.3) is 0 Å². The summed E-state index contributed by atoms with van der Waals surface area (Å²) in [7, 11) is 0. The lowest BCUT2D eigenvalue weighted by Crippen LogP contribution is -2.48. The Hall–Kier alpha value is -2.44. The van der Waals surface area contributed by atoms with Crippen molar-refractivity contribution in [1.29, 1.82) is 0 Å². The Kier molecular flexibility index (Phi) is 5.59. The zero-order valence-corrected chi connectivity index (χ0v) is 16.3. The summed E-state index contributed by atoms with van der Waals surface area (Å²) in [6.07, 6.45) is 5.55. The highest BCUT2D eigenvalue weighted by Gasteiger charge is 2.33. The van der Waals surface area contributed by atoms with E-state index in [4.69, 9.17) is 11.6 Å². The number of piperidine rings is 1. The van der Waals surface area contributed by atoms with E-state index in [1.165, 1.54) is 0 Å². The van der Waals surface area contributed by atoms with Gasteiger partial charge in [0, 0.05) is 66.8 Å². The van der Waals surface area contributed by atoms with Crippen molar-refractivity contribution in [2.24, 2.45) is 0 Å². The Morgan fingerprint density at radius 3 is 2.57 bits per heavy atom. The maximum absolute atomic E-state index is 12.5. The van der Waals surface area contributed by atoms with Gasteiger partial charge < -0.3 is 15.1 Å². The zero-order chi connectivity index (χ0) is 19.5. The molecule has 0 spiro atoms. The van der Waals surface area contributed by atoms with Crippen molar-refractivity contribution in [3.8, 4) is 0 Å². The van der Waals surface area contributed by atoms with Gasteiger partial charge in [-0.25, -0.2) is 0 Å². The normalized spacial score (nSPS) is 20.6. The molecule has 1 atom stereocenters. The molecule has 2 saturated heterocycles. The second kappa shape index (κ2) is 8.29. The summed E-state index contributed by atoms with van der Waals surface area (Å²) in [6.45, 7) is 2.09. The third kappa shape index (κ3) is 4.18. The number of anilines is 1. The van der Waals surface area contributed by atoms with Crippen molar-refractivity contribution in [2.45, 2.75) is 31.3 Å². The smallest absolute Gasteiger partial charge is 0.253 e. The van der Waals surface area contributed by atoms with Crippen LogP contribution in [-0.2, 0) is 4.79 Å². The summed E-state index contributed by atoms with van der Waals surface area (Å²) in [4.78, 5) is 32.6. The van der Waals surface area contributed by atoms with Crippen LogP contribution in [0.3, 0.4) is 0 Å². The quantitative estimate of drug-likeness (QED) is 0.860. The first-order valence-corrected chi connectivity index (χ1v) is 9.99. The minimum absolute atomic E-state index is 0.0593. The molecule has 0 aliphatic carbocycles. The van der Waals surface area contributed by atoms with Crippen molar-refractivity contribution in [3.63, 3.8) is 0 Å². The molecule has 146 valence electrons. The minimum Gasteiger partial charge on any atom is -0.339 e. The number of aromatic nitrogens is 1. The van der Waals surface area contributed by atoms with Crippen molar-refractivity contribution in [1.82, 2.24) is 15.2 Å². The first-order chi connectivity index (χ1) is 13.6. The second-order valence-electron chi connectivity index (χ2n) is 7.35. The molecule has 1 unspecified atom stereocenters. The molecule has 2 amide bonds. The molecule has 0 saturated carbocycles. The fourth-order valence-corrected chi connectivity index (χ4v) is 4.16. The van der Waals surface area contributed by atoms with E-state index in [-0.39, 0.29) is 17.9 Å². The van der Waals surface area contributed by atoms with Crippen LogP contribution in [0, 0.1) is 0 Å². The number of amides is 2. The summed E-state index contributed by atoms with van der Waals surface area (Å²) in [5, 5.41) is 4.25. The van der Waals surface area contributed by atoms with Crippen molar-refractivity contribution in [3.05, 3.63) is 59.4 Å². The van der Waals surface area contributed by atoms with Crippen LogP contribution in [0.5, 0.6) is 0 Å². The van der Waals surface area contributed by atoms with E-state index in [0.29, 0.717) is 29.6 Å². The minimum atomic E-state index is 0.0593. The summed E-state index contributed by atoms with van der Waals surface area (Å²) in [5.74, 6) is 0.175. The Labute approximate surface area is 169 Å². The van der Waals surface area contributed by atoms with E-state index in [1.807, 2.05) is 29.2 Å². The van der Waals surface area contributed by atoms with Crippen LogP contribution in [0.1, 0.15) is 29.6 Å². The van der Waals surface area contributed by atoms with Gasteiger partial charge in [-0.15, -0.1) is 0 Å². The molecule has 0 radical (unpaired) electrons. The predicted molar refractivity (Wildman–Crippen MR) is 109 cm³/mol. The maximum Gasteiger partial charge on any atom is 0.253 e. The van der Waals surface area contributed by atoms with E-state index in [1.54, 1.807) is 29.4 Å². The average Bonchev–Trinajstić information content (AvgIpc) is 3.09. The van der Waals surface area contributed by atoms with Gasteiger partial charge in [-0.05, 0) is 43.2 Å². The van der Waals surface area contributed by atoms with E-state index in [9.17, 15) is 9.59 Å². The Morgan fingerprint density at radius 1 is 1.11 bits per heavy atom. The molecule has 6 nitrogen and oxygen atoms in total. The molecule has 2 aliphatic rings. The molecule has 3 heterocycles. The highest BCUT2D eigenvalue weighted by Crippen LogP contribution is 2.25. The van der Waals surface area contributed by atoms with Gasteiger partial charge in [0.05, 0.1) is 0 Å². The van der Waals surface area contributed by atoms with Gasteiger partial charge in [0.15, 0.2) is 0 Å². The number of nitrogens with zero attached hydrogens (tertiary/aromatic N) is 3. The number of hydrogen-bond donors (Lipinski definition) is 1. The number of nitrogens with one attached hydrogen (secondary N) is 1. The molecule has 7 heteroatoms. The molecule has 1 aromatic carbocycles. The van der Waals surface area contributed by atoms with E-state index < -0.39 is 0 Å². The van der Waals surface area contributed by atoms with Gasteiger partial charge in [-0.3, -0.25) is 14.6 Å². The van der Waals surface area contributed by atoms with Crippen LogP contribution in [-0.4, -0.2) is 53.4 Å². The van der Waals surface area contributed by atoms with Gasteiger partial charge in [0.2, 0.25) is 5.91 Å². The number of hydrogen-bond acceptors (Lipinski definition) is 4. The maximum atomic E-state index is 12.5. The van der Waals surface area contributed by atoms with E-state index in [0.717, 1.165) is 31.6 Å². The number of likely N-dealkylation sites (tertiary alicyclic amines) is 1. The van der Waals surface area contributed by atoms with E-state index >= 15 is 0 Å². The second-order valence-corrected chi connectivity index (χ2v) is 7.79. The number of carbonyl (C=O) groups is 2. The zero-order valence-electron chi connectivity index (χ0n) is 15.6. The summed E-state index contributed by atoms with van der Waals surface area (Å²) in [5.41, 5.74) is 1.53. The Morgan fingerprint density at radius 2 is 1.86 bits per heavy atom. The highest BCUT2D eigenvalue weighted by molar-refractivity contribution is 6.30. The average molecular weight is 399 g/mol. The Bertz CT molecular complexity index is 852. The molecule has 2 aliphatic heterocycles. The van der Waals surface area contributed by atoms with Crippen LogP contribution in [0.15, 0.2) is 48.8 Å². The van der Waals surface area contributed by atoms with Crippen molar-refractivity contribution < 1.29 is 9.59 Å². The first kappa shape index (κ1) is 18.9. The molecule has 2 aromatic rings. The third-order valence-corrected chi connectivity index (χ3v) is 5.66. The lowest BCUT2D eigenvalue weighted by Gasteiger charge is -2.34. The van der Waals surface area contributed by atoms with Gasteiger partial charge in [0.1, 0.15) is 0 Å². The number of rotatable bonds is 4. The number of pyridine rings is 1. The van der Waals surface area contributed by atoms with Crippen LogP contribution in [0.2, 0.25) is 5.02 Å².